The molecule has 0 heterocycles. The average molecular weight is 316 g/mol. The van der Waals surface area contributed by atoms with Gasteiger partial charge in [0, 0.05) is 15.1 Å². The smallest absolute Gasteiger partial charge is 0.137 e. The molecule has 0 radical (unpaired) electrons. The molecule has 0 aliphatic heterocycles. The van der Waals surface area contributed by atoms with Crippen LogP contribution in [0.1, 0.15) is 0 Å². The van der Waals surface area contributed by atoms with Crippen molar-refractivity contribution in [3.05, 3.63) is 52.5 Å². The second-order valence-electron chi connectivity index (χ2n) is 3.36. The minimum Gasteiger partial charge on any atom is -0.398 e. The fourth-order valence-corrected chi connectivity index (χ4v) is 2.73. The summed E-state index contributed by atoms with van der Waals surface area (Å²) in [4.78, 5) is 0.902. The molecule has 0 aliphatic carbocycles. The average Bonchev–Trinajstić information content (AvgIpc) is 2.28. The molecule has 0 atom stereocenters. The molecule has 0 fully saturated rings. The molecule has 1 nitrogen and oxygen atoms in total. The van der Waals surface area contributed by atoms with Gasteiger partial charge >= 0.3 is 0 Å². The van der Waals surface area contributed by atoms with Gasteiger partial charge in [-0.2, -0.15) is 0 Å². The van der Waals surface area contributed by atoms with E-state index in [-0.39, 0.29) is 4.90 Å². The highest BCUT2D eigenvalue weighted by atomic mass is 79.9. The van der Waals surface area contributed by atoms with Crippen molar-refractivity contribution in [1.82, 2.24) is 0 Å². The van der Waals surface area contributed by atoms with Gasteiger partial charge in [0.2, 0.25) is 0 Å². The van der Waals surface area contributed by atoms with Gasteiger partial charge in [0.25, 0.3) is 0 Å². The van der Waals surface area contributed by atoms with Crippen LogP contribution in [0, 0.1) is 11.6 Å². The second kappa shape index (κ2) is 5.06. The highest BCUT2D eigenvalue weighted by Gasteiger charge is 2.08. The lowest BCUT2D eigenvalue weighted by molar-refractivity contribution is 0.577. The number of halogens is 3. The predicted molar refractivity (Wildman–Crippen MR) is 69.0 cm³/mol. The molecule has 88 valence electrons. The Morgan fingerprint density at radius 1 is 1.00 bits per heavy atom. The van der Waals surface area contributed by atoms with Gasteiger partial charge in [-0.25, -0.2) is 8.78 Å². The molecule has 0 saturated heterocycles. The Balaban J connectivity index is 2.37. The van der Waals surface area contributed by atoms with Crippen LogP contribution < -0.4 is 5.73 Å². The SMILES string of the molecule is Nc1ccc(Br)cc1Sc1cc(F)ccc1F. The maximum absolute atomic E-state index is 13.4. The summed E-state index contributed by atoms with van der Waals surface area (Å²) in [7, 11) is 0. The molecule has 2 rings (SSSR count). The van der Waals surface area contributed by atoms with E-state index in [1.165, 1.54) is 0 Å². The first-order valence-electron chi connectivity index (χ1n) is 4.74. The van der Waals surface area contributed by atoms with E-state index in [0.717, 1.165) is 34.4 Å². The summed E-state index contributed by atoms with van der Waals surface area (Å²) in [5, 5.41) is 0. The second-order valence-corrected chi connectivity index (χ2v) is 5.36. The van der Waals surface area contributed by atoms with E-state index in [0.29, 0.717) is 10.6 Å². The van der Waals surface area contributed by atoms with Crippen LogP contribution in [-0.4, -0.2) is 0 Å². The van der Waals surface area contributed by atoms with Crippen molar-refractivity contribution in [2.75, 3.05) is 5.73 Å². The largest absolute Gasteiger partial charge is 0.398 e. The van der Waals surface area contributed by atoms with Crippen molar-refractivity contribution >= 4 is 33.4 Å². The van der Waals surface area contributed by atoms with E-state index in [4.69, 9.17) is 5.73 Å². The van der Waals surface area contributed by atoms with Gasteiger partial charge in [-0.15, -0.1) is 0 Å². The molecule has 17 heavy (non-hydrogen) atoms. The van der Waals surface area contributed by atoms with E-state index in [9.17, 15) is 8.78 Å². The highest BCUT2D eigenvalue weighted by molar-refractivity contribution is 9.10. The molecular formula is C12H8BrF2NS. The Labute approximate surface area is 110 Å². The number of hydrogen-bond acceptors (Lipinski definition) is 2. The van der Waals surface area contributed by atoms with Crippen LogP contribution in [0.2, 0.25) is 0 Å². The first-order chi connectivity index (χ1) is 8.06. The Morgan fingerprint density at radius 3 is 2.53 bits per heavy atom. The van der Waals surface area contributed by atoms with E-state index in [2.05, 4.69) is 15.9 Å². The number of benzene rings is 2. The summed E-state index contributed by atoms with van der Waals surface area (Å²) >= 11 is 4.41. The van der Waals surface area contributed by atoms with Crippen molar-refractivity contribution in [2.45, 2.75) is 9.79 Å². The van der Waals surface area contributed by atoms with Gasteiger partial charge in [-0.1, -0.05) is 27.7 Å². The standard InChI is InChI=1S/C12H8BrF2NS/c13-7-1-4-10(16)12(5-7)17-11-6-8(14)2-3-9(11)15/h1-6H,16H2. The maximum Gasteiger partial charge on any atom is 0.137 e. The Hall–Kier alpha value is -1.07. The van der Waals surface area contributed by atoms with Crippen LogP contribution in [0.25, 0.3) is 0 Å². The lowest BCUT2D eigenvalue weighted by Gasteiger charge is -2.07. The molecule has 0 aliphatic rings. The zero-order valence-electron chi connectivity index (χ0n) is 8.58. The Morgan fingerprint density at radius 2 is 1.76 bits per heavy atom. The van der Waals surface area contributed by atoms with E-state index < -0.39 is 11.6 Å². The van der Waals surface area contributed by atoms with Gasteiger partial charge in [-0.3, -0.25) is 0 Å². The zero-order chi connectivity index (χ0) is 12.4. The van der Waals surface area contributed by atoms with Crippen LogP contribution in [0.15, 0.2) is 50.7 Å². The van der Waals surface area contributed by atoms with Crippen LogP contribution in [0.5, 0.6) is 0 Å². The van der Waals surface area contributed by atoms with Gasteiger partial charge in [0.15, 0.2) is 0 Å². The molecule has 0 unspecified atom stereocenters. The first kappa shape index (κ1) is 12.4. The van der Waals surface area contributed by atoms with Crippen molar-refractivity contribution in [3.63, 3.8) is 0 Å². The van der Waals surface area contributed by atoms with Crippen LogP contribution >= 0.6 is 27.7 Å². The van der Waals surface area contributed by atoms with Crippen LogP contribution in [-0.2, 0) is 0 Å². The minimum atomic E-state index is -0.470. The van der Waals surface area contributed by atoms with Crippen LogP contribution in [0.3, 0.4) is 0 Å². The minimum absolute atomic E-state index is 0.217. The molecule has 2 N–H and O–H groups in total. The van der Waals surface area contributed by atoms with Crippen molar-refractivity contribution in [1.29, 1.82) is 0 Å². The van der Waals surface area contributed by atoms with E-state index in [1.807, 2.05) is 0 Å². The lowest BCUT2D eigenvalue weighted by atomic mass is 10.3. The number of nitrogens with two attached hydrogens (primary N) is 1. The molecule has 2 aromatic carbocycles. The topological polar surface area (TPSA) is 26.0 Å². The Bertz CT molecular complexity index is 511. The van der Waals surface area contributed by atoms with Crippen LogP contribution in [0.4, 0.5) is 14.5 Å². The summed E-state index contributed by atoms with van der Waals surface area (Å²) in [5.41, 5.74) is 6.30. The molecule has 0 amide bonds. The lowest BCUT2D eigenvalue weighted by Crippen LogP contribution is -1.89. The fourth-order valence-electron chi connectivity index (χ4n) is 1.27. The number of rotatable bonds is 2. The molecule has 0 aromatic heterocycles. The maximum atomic E-state index is 13.4. The van der Waals surface area contributed by atoms with E-state index >= 15 is 0 Å². The zero-order valence-corrected chi connectivity index (χ0v) is 11.0. The normalized spacial score (nSPS) is 10.5. The van der Waals surface area contributed by atoms with Gasteiger partial charge in [-0.05, 0) is 36.4 Å². The first-order valence-corrected chi connectivity index (χ1v) is 6.35. The summed E-state index contributed by atoms with van der Waals surface area (Å²) in [5.74, 6) is -0.932. The summed E-state index contributed by atoms with van der Waals surface area (Å²) in [6.45, 7) is 0. The monoisotopic (exact) mass is 315 g/mol. The highest BCUT2D eigenvalue weighted by Crippen LogP contribution is 2.35. The number of nitrogen functional groups attached to an aromatic ring is 1. The molecular weight excluding hydrogens is 308 g/mol. The third kappa shape index (κ3) is 2.98. The molecule has 2 aromatic rings. The molecule has 5 heteroatoms. The molecule has 0 spiro atoms. The van der Waals surface area contributed by atoms with Crippen molar-refractivity contribution in [3.8, 4) is 0 Å². The number of anilines is 1. The fraction of sp³-hybridized carbons (Fsp3) is 0. The predicted octanol–water partition coefficient (Wildman–Crippen LogP) is 4.46. The third-order valence-corrected chi connectivity index (χ3v) is 3.69. The molecule has 0 saturated carbocycles. The van der Waals surface area contributed by atoms with E-state index in [1.54, 1.807) is 18.2 Å². The van der Waals surface area contributed by atoms with Crippen molar-refractivity contribution < 1.29 is 8.78 Å². The van der Waals surface area contributed by atoms with Crippen molar-refractivity contribution in [2.24, 2.45) is 0 Å². The molecule has 0 bridgehead atoms. The summed E-state index contributed by atoms with van der Waals surface area (Å²) < 4.78 is 27.3. The number of hydrogen-bond donors (Lipinski definition) is 1. The van der Waals surface area contributed by atoms with Gasteiger partial charge < -0.3 is 5.73 Å². The third-order valence-electron chi connectivity index (χ3n) is 2.09. The summed E-state index contributed by atoms with van der Waals surface area (Å²) in [6, 6.07) is 8.62. The quantitative estimate of drug-likeness (QED) is 0.828. The summed E-state index contributed by atoms with van der Waals surface area (Å²) in [6.07, 6.45) is 0. The van der Waals surface area contributed by atoms with Gasteiger partial charge in [0.05, 0.1) is 4.90 Å². The Kier molecular flexibility index (Phi) is 3.69. The van der Waals surface area contributed by atoms with Gasteiger partial charge in [0.1, 0.15) is 11.6 Å².